The fraction of sp³-hybridized carbons (Fsp3) is 0.500. The van der Waals surface area contributed by atoms with Gasteiger partial charge in [0.05, 0.1) is 22.3 Å². The van der Waals surface area contributed by atoms with E-state index < -0.39 is 32.2 Å². The predicted molar refractivity (Wildman–Crippen MR) is 83.5 cm³/mol. The average molecular weight is 331 g/mol. The highest BCUT2D eigenvalue weighted by Crippen LogP contribution is 2.63. The largest absolute Gasteiger partial charge is 0.393 e. The first kappa shape index (κ1) is 16.3. The monoisotopic (exact) mass is 331 g/mol. The third-order valence-corrected chi connectivity index (χ3v) is 6.75. The normalized spacial score (nSPS) is 28.3. The lowest BCUT2D eigenvalue weighted by Crippen LogP contribution is -2.33. The molecule has 21 heavy (non-hydrogen) atoms. The van der Waals surface area contributed by atoms with Crippen LogP contribution in [0, 0.1) is 11.2 Å². The van der Waals surface area contributed by atoms with E-state index in [1.165, 1.54) is 19.2 Å². The summed E-state index contributed by atoms with van der Waals surface area (Å²) in [4.78, 5) is 0.0978. The Morgan fingerprint density at radius 1 is 1.52 bits per heavy atom. The smallest absolute Gasteiger partial charge is 0.154 e. The Bertz CT molecular complexity index is 662. The van der Waals surface area contributed by atoms with Crippen molar-refractivity contribution in [2.75, 3.05) is 19.5 Å². The summed E-state index contributed by atoms with van der Waals surface area (Å²) < 4.78 is 43.3. The Hall–Kier alpha value is -1.05. The van der Waals surface area contributed by atoms with Crippen LogP contribution in [-0.2, 0) is 14.6 Å². The second-order valence-corrected chi connectivity index (χ2v) is 8.09. The van der Waals surface area contributed by atoms with E-state index in [0.717, 1.165) is 0 Å². The van der Waals surface area contributed by atoms with Gasteiger partial charge in [0.15, 0.2) is 9.84 Å². The molecule has 1 aliphatic rings. The van der Waals surface area contributed by atoms with E-state index in [1.807, 2.05) is 0 Å². The molecular weight excluding hydrogens is 313 g/mol. The van der Waals surface area contributed by atoms with E-state index >= 15 is 0 Å². The highest BCUT2D eigenvalue weighted by molar-refractivity contribution is 7.92. The Kier molecular flexibility index (Phi) is 4.37. The number of benzene rings is 1. The maximum Gasteiger partial charge on any atom is 0.154 e. The zero-order valence-corrected chi connectivity index (χ0v) is 13.5. The van der Waals surface area contributed by atoms with Gasteiger partial charge < -0.3 is 10.5 Å². The number of hydrogen-bond acceptors (Lipinski definition) is 4. The SMILES string of the molecule is CCS(=O)(=O)[C@H]1[C@@H](c2cccc(F)c2)[C@@]1(COC)C(N)=S. The van der Waals surface area contributed by atoms with Crippen molar-refractivity contribution in [2.45, 2.75) is 18.1 Å². The third kappa shape index (κ3) is 2.58. The highest BCUT2D eigenvalue weighted by atomic mass is 32.2. The molecule has 2 N–H and O–H groups in total. The molecule has 1 fully saturated rings. The van der Waals surface area contributed by atoms with Crippen molar-refractivity contribution in [3.05, 3.63) is 35.6 Å². The van der Waals surface area contributed by atoms with Crippen LogP contribution < -0.4 is 5.73 Å². The summed E-state index contributed by atoms with van der Waals surface area (Å²) in [5, 5.41) is -0.755. The first-order valence-electron chi connectivity index (χ1n) is 6.57. The topological polar surface area (TPSA) is 69.4 Å². The number of thiocarbonyl (C=S) groups is 1. The predicted octanol–water partition coefficient (Wildman–Crippen LogP) is 1.65. The van der Waals surface area contributed by atoms with E-state index in [9.17, 15) is 12.8 Å². The van der Waals surface area contributed by atoms with Gasteiger partial charge in [-0.2, -0.15) is 0 Å². The molecule has 1 aromatic carbocycles. The van der Waals surface area contributed by atoms with Gasteiger partial charge in [0.2, 0.25) is 0 Å². The van der Waals surface area contributed by atoms with Crippen LogP contribution in [0.2, 0.25) is 0 Å². The average Bonchev–Trinajstić information content (AvgIpc) is 3.10. The fourth-order valence-electron chi connectivity index (χ4n) is 3.06. The Morgan fingerprint density at radius 3 is 2.67 bits per heavy atom. The Balaban J connectivity index is 2.54. The molecule has 0 unspecified atom stereocenters. The zero-order chi connectivity index (χ0) is 15.8. The number of ether oxygens (including phenoxy) is 1. The molecule has 0 saturated heterocycles. The van der Waals surface area contributed by atoms with Gasteiger partial charge in [-0.1, -0.05) is 31.3 Å². The van der Waals surface area contributed by atoms with E-state index in [2.05, 4.69) is 0 Å². The molecular formula is C14H18FNO3S2. The molecule has 0 spiro atoms. The summed E-state index contributed by atoms with van der Waals surface area (Å²) in [6.45, 7) is 1.68. The van der Waals surface area contributed by atoms with Crippen LogP contribution in [0.5, 0.6) is 0 Å². The molecule has 116 valence electrons. The second kappa shape index (κ2) is 5.62. The van der Waals surface area contributed by atoms with Gasteiger partial charge in [-0.15, -0.1) is 0 Å². The van der Waals surface area contributed by atoms with Crippen molar-refractivity contribution in [1.29, 1.82) is 0 Å². The van der Waals surface area contributed by atoms with Crippen molar-refractivity contribution in [3.63, 3.8) is 0 Å². The van der Waals surface area contributed by atoms with Crippen LogP contribution in [-0.4, -0.2) is 38.1 Å². The third-order valence-electron chi connectivity index (χ3n) is 4.10. The Labute approximate surface area is 129 Å². The lowest BCUT2D eigenvalue weighted by atomic mass is 10.00. The van der Waals surface area contributed by atoms with Gasteiger partial charge >= 0.3 is 0 Å². The van der Waals surface area contributed by atoms with Crippen LogP contribution in [0.25, 0.3) is 0 Å². The quantitative estimate of drug-likeness (QED) is 0.803. The maximum atomic E-state index is 13.5. The van der Waals surface area contributed by atoms with Gasteiger partial charge in [-0.05, 0) is 17.7 Å². The molecule has 3 atom stereocenters. The van der Waals surface area contributed by atoms with E-state index in [4.69, 9.17) is 22.7 Å². The lowest BCUT2D eigenvalue weighted by molar-refractivity contribution is 0.166. The van der Waals surface area contributed by atoms with Crippen LogP contribution in [0.3, 0.4) is 0 Å². The zero-order valence-electron chi connectivity index (χ0n) is 11.9. The van der Waals surface area contributed by atoms with Gasteiger partial charge in [0, 0.05) is 18.8 Å². The van der Waals surface area contributed by atoms with Crippen molar-refractivity contribution in [2.24, 2.45) is 11.1 Å². The molecule has 0 aromatic heterocycles. The molecule has 7 heteroatoms. The summed E-state index contributed by atoms with van der Waals surface area (Å²) in [5.74, 6) is -0.894. The van der Waals surface area contributed by atoms with Gasteiger partial charge in [0.25, 0.3) is 0 Å². The van der Waals surface area contributed by atoms with Crippen molar-refractivity contribution in [3.8, 4) is 0 Å². The number of methoxy groups -OCH3 is 1. The maximum absolute atomic E-state index is 13.5. The first-order chi connectivity index (χ1) is 9.81. The summed E-state index contributed by atoms with van der Waals surface area (Å²) in [6, 6.07) is 5.89. The second-order valence-electron chi connectivity index (χ2n) is 5.24. The Morgan fingerprint density at radius 2 is 2.19 bits per heavy atom. The van der Waals surface area contributed by atoms with Crippen molar-refractivity contribution < 1.29 is 17.5 Å². The summed E-state index contributed by atoms with van der Waals surface area (Å²) in [5.41, 5.74) is 5.45. The minimum Gasteiger partial charge on any atom is -0.393 e. The summed E-state index contributed by atoms with van der Waals surface area (Å²) in [7, 11) is -1.91. The standard InChI is InChI=1S/C14H18FNO3S2/c1-3-21(17,18)12-11(9-5-4-6-10(15)7-9)14(12,8-19-2)13(16)20/h4-7,11-12H,3,8H2,1-2H3,(H2,16,20)/t11-,12+,14-/m1/s1. The molecule has 1 aliphatic carbocycles. The van der Waals surface area contributed by atoms with E-state index in [0.29, 0.717) is 5.56 Å². The minimum absolute atomic E-state index is 0.0163. The fourth-order valence-corrected chi connectivity index (χ4v) is 5.52. The number of nitrogens with two attached hydrogens (primary N) is 1. The van der Waals surface area contributed by atoms with Crippen LogP contribution >= 0.6 is 12.2 Å². The molecule has 1 aromatic rings. The molecule has 1 saturated carbocycles. The van der Waals surface area contributed by atoms with Gasteiger partial charge in [0.1, 0.15) is 5.82 Å². The molecule has 4 nitrogen and oxygen atoms in total. The van der Waals surface area contributed by atoms with Crippen LogP contribution in [0.1, 0.15) is 18.4 Å². The molecule has 0 radical (unpaired) electrons. The number of rotatable bonds is 6. The molecule has 0 amide bonds. The summed E-state index contributed by atoms with van der Waals surface area (Å²) >= 11 is 5.10. The van der Waals surface area contributed by atoms with E-state index in [1.54, 1.807) is 19.1 Å². The van der Waals surface area contributed by atoms with Gasteiger partial charge in [-0.25, -0.2) is 12.8 Å². The van der Waals surface area contributed by atoms with Crippen LogP contribution in [0.15, 0.2) is 24.3 Å². The first-order valence-corrected chi connectivity index (χ1v) is 8.69. The minimum atomic E-state index is -3.38. The van der Waals surface area contributed by atoms with Crippen LogP contribution in [0.4, 0.5) is 4.39 Å². The summed E-state index contributed by atoms with van der Waals surface area (Å²) in [6.07, 6.45) is 0. The molecule has 0 heterocycles. The van der Waals surface area contributed by atoms with E-state index in [-0.39, 0.29) is 17.3 Å². The number of halogens is 1. The highest BCUT2D eigenvalue weighted by Gasteiger charge is 2.72. The number of sulfone groups is 1. The van der Waals surface area contributed by atoms with Crippen molar-refractivity contribution >= 4 is 27.0 Å². The van der Waals surface area contributed by atoms with Gasteiger partial charge in [-0.3, -0.25) is 0 Å². The lowest BCUT2D eigenvalue weighted by Gasteiger charge is -2.15. The molecule has 2 rings (SSSR count). The van der Waals surface area contributed by atoms with Crippen molar-refractivity contribution in [1.82, 2.24) is 0 Å². The number of hydrogen-bond donors (Lipinski definition) is 1. The molecule has 0 bridgehead atoms. The molecule has 0 aliphatic heterocycles.